The molecule has 1 aromatic heterocycles. The molecule has 116 valence electrons. The average molecular weight is 364 g/mol. The summed E-state index contributed by atoms with van der Waals surface area (Å²) in [4.78, 5) is 5.02. The van der Waals surface area contributed by atoms with Crippen LogP contribution in [0.4, 0.5) is 0 Å². The molecule has 0 amide bonds. The molecule has 1 heterocycles. The lowest BCUT2D eigenvalue weighted by atomic mass is 9.92. The van der Waals surface area contributed by atoms with Crippen molar-refractivity contribution in [3.8, 4) is 11.8 Å². The third-order valence-electron chi connectivity index (χ3n) is 3.52. The van der Waals surface area contributed by atoms with Crippen LogP contribution in [0.15, 0.2) is 34.3 Å². The highest BCUT2D eigenvalue weighted by molar-refractivity contribution is 9.10. The van der Waals surface area contributed by atoms with Gasteiger partial charge in [-0.25, -0.2) is 0 Å². The molecular formula is C16H18BrN3O2. The van der Waals surface area contributed by atoms with Crippen molar-refractivity contribution in [1.82, 2.24) is 9.88 Å². The molecule has 2 rings (SSSR count). The van der Waals surface area contributed by atoms with E-state index >= 15 is 0 Å². The predicted molar refractivity (Wildman–Crippen MR) is 89.5 cm³/mol. The van der Waals surface area contributed by atoms with Gasteiger partial charge in [-0.15, -0.1) is 0 Å². The van der Waals surface area contributed by atoms with Gasteiger partial charge in [0.1, 0.15) is 11.4 Å². The number of benzene rings is 1. The quantitative estimate of drug-likeness (QED) is 0.729. The first kappa shape index (κ1) is 16.6. The molecular weight excluding hydrogens is 346 g/mol. The fourth-order valence-electron chi connectivity index (χ4n) is 2.18. The molecule has 2 aromatic rings. The maximum Gasteiger partial charge on any atom is 0.136 e. The number of aromatic amines is 1. The molecule has 1 unspecified atom stereocenters. The van der Waals surface area contributed by atoms with Crippen LogP contribution in [0.1, 0.15) is 12.6 Å². The Hall–Kier alpha value is -1.81. The summed E-state index contributed by atoms with van der Waals surface area (Å²) in [5.74, 6) is 0.126. The summed E-state index contributed by atoms with van der Waals surface area (Å²) < 4.78 is 0.566. The van der Waals surface area contributed by atoms with Crippen LogP contribution < -0.4 is 0 Å². The van der Waals surface area contributed by atoms with Gasteiger partial charge in [0, 0.05) is 17.4 Å². The number of aromatic nitrogens is 1. The molecule has 3 N–H and O–H groups in total. The zero-order valence-corrected chi connectivity index (χ0v) is 14.3. The van der Waals surface area contributed by atoms with Gasteiger partial charge in [-0.3, -0.25) is 0 Å². The van der Waals surface area contributed by atoms with Crippen molar-refractivity contribution in [3.63, 3.8) is 0 Å². The number of fused-ring (bicyclic) bond motifs is 1. The van der Waals surface area contributed by atoms with Crippen molar-refractivity contribution in [2.75, 3.05) is 20.6 Å². The molecule has 0 bridgehead atoms. The zero-order chi connectivity index (χ0) is 16.5. The minimum atomic E-state index is -1.42. The molecule has 5 nitrogen and oxygen atoms in total. The topological polar surface area (TPSA) is 83.3 Å². The molecule has 1 atom stereocenters. The molecule has 1 aromatic carbocycles. The minimum Gasteiger partial charge on any atom is -0.507 e. The van der Waals surface area contributed by atoms with Crippen LogP contribution in [0, 0.1) is 11.3 Å². The number of H-pyrrole nitrogens is 1. The van der Waals surface area contributed by atoms with Gasteiger partial charge in [-0.05, 0) is 55.1 Å². The second-order valence-electron chi connectivity index (χ2n) is 5.64. The molecule has 0 aliphatic rings. The second kappa shape index (κ2) is 6.13. The Morgan fingerprint density at radius 2 is 2.14 bits per heavy atom. The zero-order valence-electron chi connectivity index (χ0n) is 12.7. The van der Waals surface area contributed by atoms with E-state index in [1.54, 1.807) is 31.2 Å². The third kappa shape index (κ3) is 3.17. The van der Waals surface area contributed by atoms with E-state index in [4.69, 9.17) is 0 Å². The first-order valence-electron chi connectivity index (χ1n) is 6.75. The SMILES string of the molecule is CN(C)C/C=C(\C#N)C(C)(O)c1cc2cc(O)c(Br)cc2[nH]1. The molecule has 0 aliphatic heterocycles. The first-order chi connectivity index (χ1) is 10.3. The fourth-order valence-corrected chi connectivity index (χ4v) is 2.52. The van der Waals surface area contributed by atoms with E-state index in [-0.39, 0.29) is 11.3 Å². The highest BCUT2D eigenvalue weighted by Gasteiger charge is 2.30. The molecule has 0 radical (unpaired) electrons. The number of nitrogens with one attached hydrogen (secondary N) is 1. The van der Waals surface area contributed by atoms with E-state index < -0.39 is 5.60 Å². The van der Waals surface area contributed by atoms with Crippen molar-refractivity contribution in [2.24, 2.45) is 0 Å². The smallest absolute Gasteiger partial charge is 0.136 e. The van der Waals surface area contributed by atoms with E-state index in [0.29, 0.717) is 16.7 Å². The Balaban J connectivity index is 2.48. The average Bonchev–Trinajstić information content (AvgIpc) is 2.83. The number of rotatable bonds is 4. The van der Waals surface area contributed by atoms with Crippen molar-refractivity contribution in [1.29, 1.82) is 5.26 Å². The molecule has 0 aliphatic carbocycles. The van der Waals surface area contributed by atoms with Crippen molar-refractivity contribution < 1.29 is 10.2 Å². The highest BCUT2D eigenvalue weighted by atomic mass is 79.9. The van der Waals surface area contributed by atoms with Crippen molar-refractivity contribution >= 4 is 26.8 Å². The van der Waals surface area contributed by atoms with Gasteiger partial charge in [0.05, 0.1) is 21.8 Å². The lowest BCUT2D eigenvalue weighted by Crippen LogP contribution is -2.25. The molecule has 0 fully saturated rings. The summed E-state index contributed by atoms with van der Waals surface area (Å²) in [5, 5.41) is 30.6. The number of aliphatic hydroxyl groups is 1. The maximum absolute atomic E-state index is 10.8. The van der Waals surface area contributed by atoms with E-state index in [0.717, 1.165) is 10.9 Å². The van der Waals surface area contributed by atoms with Gasteiger partial charge in [0.15, 0.2) is 0 Å². The lowest BCUT2D eigenvalue weighted by molar-refractivity contribution is 0.0979. The van der Waals surface area contributed by atoms with Crippen LogP contribution in [0.2, 0.25) is 0 Å². The van der Waals surface area contributed by atoms with Gasteiger partial charge in [0.25, 0.3) is 0 Å². The Bertz CT molecular complexity index is 731. The van der Waals surface area contributed by atoms with Crippen LogP contribution in [-0.4, -0.2) is 40.7 Å². The fraction of sp³-hybridized carbons (Fsp3) is 0.312. The Morgan fingerprint density at radius 1 is 1.45 bits per heavy atom. The normalized spacial score (nSPS) is 15.0. The van der Waals surface area contributed by atoms with Crippen LogP contribution in [0.25, 0.3) is 10.9 Å². The molecule has 22 heavy (non-hydrogen) atoms. The maximum atomic E-state index is 10.8. The monoisotopic (exact) mass is 363 g/mol. The molecule has 0 saturated carbocycles. The number of nitriles is 1. The number of phenols is 1. The Morgan fingerprint density at radius 3 is 2.73 bits per heavy atom. The van der Waals surface area contributed by atoms with Gasteiger partial charge in [-0.2, -0.15) is 5.26 Å². The van der Waals surface area contributed by atoms with Crippen LogP contribution in [0.5, 0.6) is 5.75 Å². The third-order valence-corrected chi connectivity index (χ3v) is 4.15. The second-order valence-corrected chi connectivity index (χ2v) is 6.49. The van der Waals surface area contributed by atoms with Crippen LogP contribution in [0.3, 0.4) is 0 Å². The minimum absolute atomic E-state index is 0.126. The number of likely N-dealkylation sites (N-methyl/N-ethyl adjacent to an activating group) is 1. The predicted octanol–water partition coefficient (Wildman–Crippen LogP) is 2.86. The number of halogens is 1. The van der Waals surface area contributed by atoms with Gasteiger partial charge >= 0.3 is 0 Å². The summed E-state index contributed by atoms with van der Waals surface area (Å²) >= 11 is 3.26. The highest BCUT2D eigenvalue weighted by Crippen LogP contribution is 2.34. The standard InChI is InChI=1S/C16H18BrN3O2/c1-16(22,11(9-18)4-5-20(2)3)15-7-10-6-14(21)12(17)8-13(10)19-15/h4,6-8,19,21-22H,5H2,1-3H3/b11-4+. The summed E-state index contributed by atoms with van der Waals surface area (Å²) in [6, 6.07) is 7.15. The number of hydrogen-bond donors (Lipinski definition) is 3. The van der Waals surface area contributed by atoms with E-state index in [2.05, 4.69) is 27.0 Å². The first-order valence-corrected chi connectivity index (χ1v) is 7.54. The number of hydrogen-bond acceptors (Lipinski definition) is 4. The van der Waals surface area contributed by atoms with Crippen molar-refractivity contribution in [3.05, 3.63) is 40.0 Å². The summed E-state index contributed by atoms with van der Waals surface area (Å²) in [7, 11) is 3.78. The van der Waals surface area contributed by atoms with E-state index in [1.807, 2.05) is 19.0 Å². The molecule has 0 spiro atoms. The lowest BCUT2D eigenvalue weighted by Gasteiger charge is -2.22. The number of nitrogens with zero attached hydrogens (tertiary/aromatic N) is 2. The number of aromatic hydroxyl groups is 1. The van der Waals surface area contributed by atoms with E-state index in [9.17, 15) is 15.5 Å². The van der Waals surface area contributed by atoms with Gasteiger partial charge in [0.2, 0.25) is 0 Å². The largest absolute Gasteiger partial charge is 0.507 e. The van der Waals surface area contributed by atoms with E-state index in [1.165, 1.54) is 0 Å². The Labute approximate surface area is 137 Å². The van der Waals surface area contributed by atoms with Crippen LogP contribution >= 0.6 is 15.9 Å². The number of phenolic OH excluding ortho intramolecular Hbond substituents is 1. The summed E-state index contributed by atoms with van der Waals surface area (Å²) in [5.41, 5.74) is 0.124. The van der Waals surface area contributed by atoms with Crippen molar-refractivity contribution in [2.45, 2.75) is 12.5 Å². The van der Waals surface area contributed by atoms with Gasteiger partial charge in [-0.1, -0.05) is 6.08 Å². The van der Waals surface area contributed by atoms with Crippen LogP contribution in [-0.2, 0) is 5.60 Å². The summed E-state index contributed by atoms with van der Waals surface area (Å²) in [6.07, 6.45) is 1.71. The van der Waals surface area contributed by atoms with Gasteiger partial charge < -0.3 is 20.1 Å². The molecule has 6 heteroatoms. The molecule has 0 saturated heterocycles. The Kier molecular flexibility index (Phi) is 4.61. The summed E-state index contributed by atoms with van der Waals surface area (Å²) in [6.45, 7) is 2.14.